The number of anilines is 1. The van der Waals surface area contributed by atoms with Crippen LogP contribution in [0.1, 0.15) is 12.0 Å². The highest BCUT2D eigenvalue weighted by molar-refractivity contribution is 9.10. The van der Waals surface area contributed by atoms with Crippen LogP contribution in [0.15, 0.2) is 22.7 Å². The first-order valence-electron chi connectivity index (χ1n) is 5.91. The fourth-order valence-corrected chi connectivity index (χ4v) is 2.58. The van der Waals surface area contributed by atoms with Crippen molar-refractivity contribution in [1.29, 1.82) is 0 Å². The molecule has 1 aromatic rings. The Hall–Kier alpha value is -0.580. The second-order valence-corrected chi connectivity index (χ2v) is 5.65. The van der Waals surface area contributed by atoms with Gasteiger partial charge in [0.05, 0.1) is 12.1 Å². The van der Waals surface area contributed by atoms with Gasteiger partial charge in [0.2, 0.25) is 0 Å². The molecule has 1 unspecified atom stereocenters. The number of aliphatic hydroxyl groups is 1. The van der Waals surface area contributed by atoms with Crippen LogP contribution in [0.25, 0.3) is 0 Å². The lowest BCUT2D eigenvalue weighted by molar-refractivity contribution is 0.184. The number of aryl methyl sites for hydroxylation is 1. The zero-order valence-corrected chi connectivity index (χ0v) is 11.9. The number of halogens is 1. The van der Waals surface area contributed by atoms with Crippen molar-refractivity contribution < 1.29 is 5.11 Å². The Bertz CT molecular complexity index is 404. The number of nitrogens with zero attached hydrogens (tertiary/aromatic N) is 1. The summed E-state index contributed by atoms with van der Waals surface area (Å²) in [4.78, 5) is 2.33. The Labute approximate surface area is 111 Å². The molecule has 0 amide bonds. The van der Waals surface area contributed by atoms with Crippen LogP contribution in [0.3, 0.4) is 0 Å². The molecule has 0 aliphatic carbocycles. The van der Waals surface area contributed by atoms with E-state index in [2.05, 4.69) is 51.3 Å². The molecule has 1 fully saturated rings. The fourth-order valence-electron chi connectivity index (χ4n) is 2.33. The lowest BCUT2D eigenvalue weighted by Gasteiger charge is -2.27. The molecule has 1 atom stereocenters. The van der Waals surface area contributed by atoms with Crippen LogP contribution in [0.4, 0.5) is 5.69 Å². The normalized spacial score (nSPS) is 24.4. The predicted octanol–water partition coefficient (Wildman–Crippen LogP) is 1.92. The topological polar surface area (TPSA) is 35.5 Å². The minimum Gasteiger partial charge on any atom is -0.394 e. The molecule has 94 valence electrons. The second-order valence-electron chi connectivity index (χ2n) is 4.79. The van der Waals surface area contributed by atoms with Crippen molar-refractivity contribution in [3.63, 3.8) is 0 Å². The van der Waals surface area contributed by atoms with E-state index < -0.39 is 0 Å². The highest BCUT2D eigenvalue weighted by Crippen LogP contribution is 2.29. The van der Waals surface area contributed by atoms with Gasteiger partial charge in [-0.05, 0) is 44.2 Å². The number of benzene rings is 1. The molecule has 2 rings (SSSR count). The predicted molar refractivity (Wildman–Crippen MR) is 74.6 cm³/mol. The Balaban J connectivity index is 2.17. The lowest BCUT2D eigenvalue weighted by Crippen LogP contribution is -2.48. The molecule has 0 aromatic heterocycles. The van der Waals surface area contributed by atoms with Crippen LogP contribution in [0, 0.1) is 6.92 Å². The first kappa shape index (κ1) is 12.9. The van der Waals surface area contributed by atoms with Crippen LogP contribution >= 0.6 is 15.9 Å². The number of hydrogen-bond donors (Lipinski definition) is 2. The van der Waals surface area contributed by atoms with Gasteiger partial charge in [0.15, 0.2) is 0 Å². The number of hydrogen-bond acceptors (Lipinski definition) is 3. The van der Waals surface area contributed by atoms with Gasteiger partial charge in [-0.15, -0.1) is 0 Å². The molecule has 4 heteroatoms. The van der Waals surface area contributed by atoms with Gasteiger partial charge in [0.1, 0.15) is 0 Å². The van der Waals surface area contributed by atoms with Crippen molar-refractivity contribution in [2.24, 2.45) is 0 Å². The number of nitrogens with one attached hydrogen (secondary N) is 1. The van der Waals surface area contributed by atoms with E-state index >= 15 is 0 Å². The van der Waals surface area contributed by atoms with E-state index in [0.717, 1.165) is 24.0 Å². The zero-order chi connectivity index (χ0) is 12.5. The summed E-state index contributed by atoms with van der Waals surface area (Å²) in [5.74, 6) is 0. The van der Waals surface area contributed by atoms with Gasteiger partial charge in [0.25, 0.3) is 0 Å². The first-order valence-corrected chi connectivity index (χ1v) is 6.70. The summed E-state index contributed by atoms with van der Waals surface area (Å²) in [7, 11) is 1.92. The molecule has 0 spiro atoms. The number of rotatable bonds is 3. The monoisotopic (exact) mass is 298 g/mol. The van der Waals surface area contributed by atoms with Crippen LogP contribution in [-0.2, 0) is 0 Å². The van der Waals surface area contributed by atoms with Gasteiger partial charge in [-0.1, -0.05) is 15.9 Å². The summed E-state index contributed by atoms with van der Waals surface area (Å²) in [6, 6.07) is 6.40. The summed E-state index contributed by atoms with van der Waals surface area (Å²) >= 11 is 3.52. The lowest BCUT2D eigenvalue weighted by atomic mass is 10.0. The minimum absolute atomic E-state index is 0.138. The molecule has 17 heavy (non-hydrogen) atoms. The van der Waals surface area contributed by atoms with Crippen molar-refractivity contribution in [3.05, 3.63) is 28.2 Å². The molecule has 0 radical (unpaired) electrons. The molecule has 1 aliphatic heterocycles. The minimum atomic E-state index is -0.138. The van der Waals surface area contributed by atoms with E-state index in [1.165, 1.54) is 11.3 Å². The van der Waals surface area contributed by atoms with Crippen molar-refractivity contribution >= 4 is 21.6 Å². The van der Waals surface area contributed by atoms with Gasteiger partial charge in [0, 0.05) is 23.2 Å². The summed E-state index contributed by atoms with van der Waals surface area (Å²) in [6.45, 7) is 4.14. The van der Waals surface area contributed by atoms with Gasteiger partial charge in [-0.25, -0.2) is 0 Å². The summed E-state index contributed by atoms with van der Waals surface area (Å²) in [5, 5.41) is 12.7. The van der Waals surface area contributed by atoms with Gasteiger partial charge in [-0.2, -0.15) is 0 Å². The maximum absolute atomic E-state index is 9.48. The van der Waals surface area contributed by atoms with Crippen molar-refractivity contribution in [2.45, 2.75) is 18.9 Å². The summed E-state index contributed by atoms with van der Waals surface area (Å²) < 4.78 is 1.14. The first-order chi connectivity index (χ1) is 8.10. The van der Waals surface area contributed by atoms with Crippen molar-refractivity contribution in [3.8, 4) is 0 Å². The molecule has 3 nitrogen and oxygen atoms in total. The SMILES string of the molecule is CNC1(CO)CCN(c2ccc(Br)c(C)c2)C1. The summed E-state index contributed by atoms with van der Waals surface area (Å²) in [5.41, 5.74) is 2.34. The van der Waals surface area contributed by atoms with E-state index in [1.807, 2.05) is 7.05 Å². The van der Waals surface area contributed by atoms with E-state index in [9.17, 15) is 5.11 Å². The Morgan fingerprint density at radius 2 is 2.29 bits per heavy atom. The fraction of sp³-hybridized carbons (Fsp3) is 0.538. The van der Waals surface area contributed by atoms with E-state index in [1.54, 1.807) is 0 Å². The molecular weight excluding hydrogens is 280 g/mol. The third kappa shape index (κ3) is 2.49. The van der Waals surface area contributed by atoms with Crippen LogP contribution in [-0.4, -0.2) is 37.4 Å². The smallest absolute Gasteiger partial charge is 0.0631 e. The average Bonchev–Trinajstić information content (AvgIpc) is 2.78. The highest BCUT2D eigenvalue weighted by atomic mass is 79.9. The zero-order valence-electron chi connectivity index (χ0n) is 10.3. The molecule has 1 saturated heterocycles. The van der Waals surface area contributed by atoms with Gasteiger partial charge >= 0.3 is 0 Å². The van der Waals surface area contributed by atoms with Gasteiger partial charge < -0.3 is 15.3 Å². The quantitative estimate of drug-likeness (QED) is 0.895. The Morgan fingerprint density at radius 1 is 1.53 bits per heavy atom. The van der Waals surface area contributed by atoms with Crippen LogP contribution in [0.5, 0.6) is 0 Å². The maximum Gasteiger partial charge on any atom is 0.0631 e. The molecule has 1 aromatic carbocycles. The highest BCUT2D eigenvalue weighted by Gasteiger charge is 2.36. The van der Waals surface area contributed by atoms with Crippen molar-refractivity contribution in [1.82, 2.24) is 5.32 Å². The van der Waals surface area contributed by atoms with Gasteiger partial charge in [-0.3, -0.25) is 0 Å². The molecular formula is C13H19BrN2O. The maximum atomic E-state index is 9.48. The Kier molecular flexibility index (Phi) is 3.76. The summed E-state index contributed by atoms with van der Waals surface area (Å²) in [6.07, 6.45) is 0.981. The molecule has 0 bridgehead atoms. The van der Waals surface area contributed by atoms with Crippen molar-refractivity contribution in [2.75, 3.05) is 31.6 Å². The molecule has 1 aliphatic rings. The second kappa shape index (κ2) is 4.96. The third-order valence-electron chi connectivity index (χ3n) is 3.69. The van der Waals surface area contributed by atoms with E-state index in [0.29, 0.717) is 0 Å². The molecule has 1 heterocycles. The van der Waals surface area contributed by atoms with Crippen LogP contribution in [0.2, 0.25) is 0 Å². The number of likely N-dealkylation sites (N-methyl/N-ethyl adjacent to an activating group) is 1. The molecule has 2 N–H and O–H groups in total. The third-order valence-corrected chi connectivity index (χ3v) is 4.58. The Morgan fingerprint density at radius 3 is 2.82 bits per heavy atom. The number of aliphatic hydroxyl groups excluding tert-OH is 1. The average molecular weight is 299 g/mol. The largest absolute Gasteiger partial charge is 0.394 e. The van der Waals surface area contributed by atoms with Crippen LogP contribution < -0.4 is 10.2 Å². The van der Waals surface area contributed by atoms with E-state index in [4.69, 9.17) is 0 Å². The standard InChI is InChI=1S/C13H19BrN2O/c1-10-7-11(3-4-12(10)14)16-6-5-13(8-16,9-17)15-2/h3-4,7,15,17H,5-6,8-9H2,1-2H3. The molecule has 0 saturated carbocycles. The van der Waals surface area contributed by atoms with E-state index in [-0.39, 0.29) is 12.1 Å².